The first kappa shape index (κ1) is 11.3. The molecule has 0 bridgehead atoms. The standard InChI is InChI=1S/C13H18N2S/c1-8-10-7-9(14)5-6-11(10)16-12(8)15-13(2,3)4/h5-7,15H,14H2,1-4H3. The fourth-order valence-corrected chi connectivity index (χ4v) is 3.00. The highest BCUT2D eigenvalue weighted by atomic mass is 32.1. The molecule has 2 nitrogen and oxygen atoms in total. The van der Waals surface area contributed by atoms with E-state index in [0.29, 0.717) is 0 Å². The van der Waals surface area contributed by atoms with Crippen LogP contribution in [0.15, 0.2) is 18.2 Å². The third-order valence-electron chi connectivity index (χ3n) is 2.45. The summed E-state index contributed by atoms with van der Waals surface area (Å²) < 4.78 is 1.29. The molecule has 0 spiro atoms. The number of rotatable bonds is 1. The first-order chi connectivity index (χ1) is 7.37. The summed E-state index contributed by atoms with van der Waals surface area (Å²) in [5.41, 5.74) is 8.03. The molecule has 0 atom stereocenters. The van der Waals surface area contributed by atoms with E-state index in [0.717, 1.165) is 5.69 Å². The maximum absolute atomic E-state index is 5.81. The number of nitrogens with one attached hydrogen (secondary N) is 1. The number of nitrogens with two attached hydrogens (primary N) is 1. The van der Waals surface area contributed by atoms with Gasteiger partial charge in [-0.15, -0.1) is 11.3 Å². The maximum atomic E-state index is 5.81. The lowest BCUT2D eigenvalue weighted by atomic mass is 10.1. The summed E-state index contributed by atoms with van der Waals surface area (Å²) in [4.78, 5) is 0. The smallest absolute Gasteiger partial charge is 0.0928 e. The van der Waals surface area contributed by atoms with Crippen LogP contribution < -0.4 is 11.1 Å². The molecule has 0 unspecified atom stereocenters. The van der Waals surface area contributed by atoms with Crippen LogP contribution in [0.3, 0.4) is 0 Å². The van der Waals surface area contributed by atoms with Gasteiger partial charge in [-0.05, 0) is 56.8 Å². The van der Waals surface area contributed by atoms with E-state index in [1.807, 2.05) is 6.07 Å². The van der Waals surface area contributed by atoms with Crippen LogP contribution in [0.2, 0.25) is 0 Å². The molecule has 0 aliphatic rings. The third kappa shape index (κ3) is 2.14. The Labute approximate surface area is 100 Å². The van der Waals surface area contributed by atoms with E-state index >= 15 is 0 Å². The van der Waals surface area contributed by atoms with Gasteiger partial charge in [0.15, 0.2) is 0 Å². The Bertz CT molecular complexity index is 520. The normalized spacial score (nSPS) is 12.0. The van der Waals surface area contributed by atoms with E-state index in [-0.39, 0.29) is 5.54 Å². The summed E-state index contributed by atoms with van der Waals surface area (Å²) in [6.07, 6.45) is 0. The van der Waals surface area contributed by atoms with Crippen LogP contribution in [-0.2, 0) is 0 Å². The second kappa shape index (κ2) is 3.67. The van der Waals surface area contributed by atoms with Gasteiger partial charge in [0.05, 0.1) is 5.00 Å². The highest BCUT2D eigenvalue weighted by Gasteiger charge is 2.14. The van der Waals surface area contributed by atoms with Crippen LogP contribution in [-0.4, -0.2) is 5.54 Å². The minimum Gasteiger partial charge on any atom is -0.399 e. The Hall–Kier alpha value is -1.22. The van der Waals surface area contributed by atoms with E-state index in [4.69, 9.17) is 5.73 Å². The minimum atomic E-state index is 0.0944. The number of aryl methyl sites for hydroxylation is 1. The fourth-order valence-electron chi connectivity index (χ4n) is 1.70. The van der Waals surface area contributed by atoms with Crippen molar-refractivity contribution >= 4 is 32.1 Å². The Morgan fingerprint density at radius 1 is 1.25 bits per heavy atom. The molecule has 2 aromatic rings. The van der Waals surface area contributed by atoms with Crippen molar-refractivity contribution in [3.05, 3.63) is 23.8 Å². The van der Waals surface area contributed by atoms with E-state index in [9.17, 15) is 0 Å². The minimum absolute atomic E-state index is 0.0944. The lowest BCUT2D eigenvalue weighted by Crippen LogP contribution is -2.25. The summed E-state index contributed by atoms with van der Waals surface area (Å²) in [7, 11) is 0. The van der Waals surface area contributed by atoms with Gasteiger partial charge in [-0.1, -0.05) is 0 Å². The van der Waals surface area contributed by atoms with Crippen molar-refractivity contribution in [2.75, 3.05) is 11.1 Å². The molecule has 0 fully saturated rings. The monoisotopic (exact) mass is 234 g/mol. The van der Waals surface area contributed by atoms with Crippen LogP contribution >= 0.6 is 11.3 Å². The second-order valence-electron chi connectivity index (χ2n) is 5.19. The van der Waals surface area contributed by atoms with E-state index < -0.39 is 0 Å². The average Bonchev–Trinajstić information content (AvgIpc) is 2.42. The van der Waals surface area contributed by atoms with E-state index in [1.54, 1.807) is 11.3 Å². The van der Waals surface area contributed by atoms with Gasteiger partial charge in [0, 0.05) is 15.9 Å². The summed E-state index contributed by atoms with van der Waals surface area (Å²) >= 11 is 1.79. The largest absolute Gasteiger partial charge is 0.399 e. The zero-order chi connectivity index (χ0) is 11.9. The maximum Gasteiger partial charge on any atom is 0.0928 e. The predicted molar refractivity (Wildman–Crippen MR) is 74.4 cm³/mol. The van der Waals surface area contributed by atoms with Crippen molar-refractivity contribution in [1.29, 1.82) is 0 Å². The van der Waals surface area contributed by atoms with Crippen molar-refractivity contribution in [2.45, 2.75) is 33.2 Å². The van der Waals surface area contributed by atoms with Gasteiger partial charge < -0.3 is 11.1 Å². The average molecular weight is 234 g/mol. The predicted octanol–water partition coefficient (Wildman–Crippen LogP) is 4.00. The molecule has 2 rings (SSSR count). The third-order valence-corrected chi connectivity index (χ3v) is 3.64. The molecule has 0 saturated carbocycles. The first-order valence-electron chi connectivity index (χ1n) is 5.43. The van der Waals surface area contributed by atoms with Gasteiger partial charge in [-0.25, -0.2) is 0 Å². The molecule has 1 heterocycles. The van der Waals surface area contributed by atoms with Crippen molar-refractivity contribution in [3.8, 4) is 0 Å². The summed E-state index contributed by atoms with van der Waals surface area (Å²) in [5, 5.41) is 6.04. The topological polar surface area (TPSA) is 38.0 Å². The Morgan fingerprint density at radius 3 is 2.56 bits per heavy atom. The number of hydrogen-bond donors (Lipinski definition) is 2. The number of benzene rings is 1. The molecule has 86 valence electrons. The zero-order valence-corrected chi connectivity index (χ0v) is 11.0. The van der Waals surface area contributed by atoms with Gasteiger partial charge in [0.1, 0.15) is 0 Å². The number of anilines is 2. The molecule has 0 saturated heterocycles. The lowest BCUT2D eigenvalue weighted by molar-refractivity contribution is 0.636. The van der Waals surface area contributed by atoms with Crippen molar-refractivity contribution in [2.24, 2.45) is 0 Å². The molecule has 1 aromatic carbocycles. The quantitative estimate of drug-likeness (QED) is 0.732. The zero-order valence-electron chi connectivity index (χ0n) is 10.2. The number of nitrogen functional groups attached to an aromatic ring is 1. The first-order valence-corrected chi connectivity index (χ1v) is 6.25. The van der Waals surface area contributed by atoms with Gasteiger partial charge in [0.2, 0.25) is 0 Å². The fraction of sp³-hybridized carbons (Fsp3) is 0.385. The number of thiophene rings is 1. The van der Waals surface area contributed by atoms with Gasteiger partial charge in [-0.3, -0.25) is 0 Å². The molecule has 1 aromatic heterocycles. The Morgan fingerprint density at radius 2 is 1.94 bits per heavy atom. The Kier molecular flexibility index (Phi) is 2.58. The second-order valence-corrected chi connectivity index (χ2v) is 6.24. The summed E-state index contributed by atoms with van der Waals surface area (Å²) in [5.74, 6) is 0. The van der Waals surface area contributed by atoms with Crippen LogP contribution in [0.4, 0.5) is 10.7 Å². The van der Waals surface area contributed by atoms with Gasteiger partial charge >= 0.3 is 0 Å². The highest BCUT2D eigenvalue weighted by Crippen LogP contribution is 2.37. The highest BCUT2D eigenvalue weighted by molar-refractivity contribution is 7.23. The molecule has 16 heavy (non-hydrogen) atoms. The molecule has 3 heteroatoms. The molecule has 0 amide bonds. The summed E-state index contributed by atoms with van der Waals surface area (Å²) in [6, 6.07) is 6.10. The lowest BCUT2D eigenvalue weighted by Gasteiger charge is -2.21. The Balaban J connectivity index is 2.52. The number of hydrogen-bond acceptors (Lipinski definition) is 3. The van der Waals surface area contributed by atoms with Crippen LogP contribution in [0.1, 0.15) is 26.3 Å². The van der Waals surface area contributed by atoms with Crippen molar-refractivity contribution < 1.29 is 0 Å². The molecule has 3 N–H and O–H groups in total. The van der Waals surface area contributed by atoms with Crippen molar-refractivity contribution in [1.82, 2.24) is 0 Å². The van der Waals surface area contributed by atoms with E-state index in [2.05, 4.69) is 45.1 Å². The molecular weight excluding hydrogens is 216 g/mol. The van der Waals surface area contributed by atoms with Crippen molar-refractivity contribution in [3.63, 3.8) is 0 Å². The number of fused-ring (bicyclic) bond motifs is 1. The van der Waals surface area contributed by atoms with E-state index in [1.165, 1.54) is 20.7 Å². The van der Waals surface area contributed by atoms with Gasteiger partial charge in [-0.2, -0.15) is 0 Å². The van der Waals surface area contributed by atoms with Crippen LogP contribution in [0, 0.1) is 6.92 Å². The molecule has 0 aliphatic heterocycles. The van der Waals surface area contributed by atoms with Crippen LogP contribution in [0.5, 0.6) is 0 Å². The SMILES string of the molecule is Cc1c(NC(C)(C)C)sc2ccc(N)cc12. The molecule has 0 aliphatic carbocycles. The molecular formula is C13H18N2S. The van der Waals surface area contributed by atoms with Gasteiger partial charge in [0.25, 0.3) is 0 Å². The molecule has 0 radical (unpaired) electrons. The summed E-state index contributed by atoms with van der Waals surface area (Å²) in [6.45, 7) is 8.66. The van der Waals surface area contributed by atoms with Crippen LogP contribution in [0.25, 0.3) is 10.1 Å².